The van der Waals surface area contributed by atoms with Gasteiger partial charge in [0, 0.05) is 0 Å². The second-order valence-electron chi connectivity index (χ2n) is 1.26. The van der Waals surface area contributed by atoms with Crippen molar-refractivity contribution in [2.75, 3.05) is 20.9 Å². The summed E-state index contributed by atoms with van der Waals surface area (Å²) in [6.07, 6.45) is 0. The first-order chi connectivity index (χ1) is 5.54. The van der Waals surface area contributed by atoms with Gasteiger partial charge in [0.1, 0.15) is 6.73 Å². The monoisotopic (exact) mass is 311 g/mol. The Morgan fingerprint density at radius 3 is 1.77 bits per heavy atom. The molecule has 9 nitrogen and oxygen atoms in total. The van der Waals surface area contributed by atoms with E-state index in [1.807, 2.05) is 0 Å². The third-order valence-electron chi connectivity index (χ3n) is 0.463. The van der Waals surface area contributed by atoms with Gasteiger partial charge in [-0.15, -0.1) is 44.2 Å². The van der Waals surface area contributed by atoms with Gasteiger partial charge >= 0.3 is 0 Å². The molecule has 0 saturated heterocycles. The van der Waals surface area contributed by atoms with E-state index in [9.17, 15) is 10.1 Å². The van der Waals surface area contributed by atoms with Crippen LogP contribution >= 0.6 is 24.0 Å². The van der Waals surface area contributed by atoms with Crippen molar-refractivity contribution >= 4 is 24.0 Å². The third-order valence-corrected chi connectivity index (χ3v) is 0.463. The molecule has 0 unspecified atom stereocenters. The van der Waals surface area contributed by atoms with Crippen molar-refractivity contribution < 1.29 is 19.8 Å². The van der Waals surface area contributed by atoms with Crippen LogP contribution < -0.4 is 5.32 Å². The predicted molar refractivity (Wildman–Crippen MR) is 51.4 cm³/mol. The highest BCUT2D eigenvalue weighted by Crippen LogP contribution is 1.65. The molecule has 0 aromatic heterocycles. The van der Waals surface area contributed by atoms with Crippen molar-refractivity contribution in [3.05, 3.63) is 20.2 Å². The van der Waals surface area contributed by atoms with Crippen LogP contribution in [0.3, 0.4) is 0 Å². The predicted octanol–water partition coefficient (Wildman–Crippen LogP) is -0.186. The van der Waals surface area contributed by atoms with Gasteiger partial charge in [-0.05, 0) is 7.05 Å². The Morgan fingerprint density at radius 1 is 1.31 bits per heavy atom. The molecule has 0 aliphatic rings. The lowest BCUT2D eigenvalue weighted by Gasteiger charge is -1.91. The van der Waals surface area contributed by atoms with Gasteiger partial charge in [0.2, 0.25) is 0 Å². The van der Waals surface area contributed by atoms with Crippen LogP contribution in [0.2, 0.25) is 0 Å². The molecule has 0 atom stereocenters. The SMILES string of the molecule is CNCO[N+](=O)[O-].CO[N+](=O)[O-].I. The third kappa shape index (κ3) is 35.4. The summed E-state index contributed by atoms with van der Waals surface area (Å²) in [6, 6.07) is 0. The molecule has 1 N–H and O–H groups in total. The maximum absolute atomic E-state index is 9.30. The van der Waals surface area contributed by atoms with Gasteiger partial charge in [-0.3, -0.25) is 10.2 Å². The zero-order valence-electron chi connectivity index (χ0n) is 6.96. The summed E-state index contributed by atoms with van der Waals surface area (Å²) in [5.41, 5.74) is 0. The molecule has 10 heteroatoms. The quantitative estimate of drug-likeness (QED) is 0.331. The fraction of sp³-hybridized carbons (Fsp3) is 1.00. The van der Waals surface area contributed by atoms with Crippen molar-refractivity contribution in [3.8, 4) is 0 Å². The molecular formula is C3H10IN3O6. The van der Waals surface area contributed by atoms with Crippen molar-refractivity contribution in [1.29, 1.82) is 0 Å². The smallest absolute Gasteiger partial charge is 0.295 e. The van der Waals surface area contributed by atoms with Gasteiger partial charge in [-0.2, -0.15) is 0 Å². The van der Waals surface area contributed by atoms with E-state index in [1.54, 1.807) is 7.05 Å². The number of rotatable bonds is 4. The molecule has 0 saturated carbocycles. The second-order valence-corrected chi connectivity index (χ2v) is 1.26. The van der Waals surface area contributed by atoms with E-state index >= 15 is 0 Å². The lowest BCUT2D eigenvalue weighted by molar-refractivity contribution is -0.758. The van der Waals surface area contributed by atoms with E-state index in [0.29, 0.717) is 0 Å². The van der Waals surface area contributed by atoms with E-state index in [-0.39, 0.29) is 30.7 Å². The molecule has 0 aromatic rings. The molecule has 80 valence electrons. The fourth-order valence-corrected chi connectivity index (χ4v) is 0.117. The van der Waals surface area contributed by atoms with Crippen molar-refractivity contribution in [2.24, 2.45) is 0 Å². The molecule has 0 aliphatic heterocycles. The van der Waals surface area contributed by atoms with Crippen LogP contribution in [-0.4, -0.2) is 31.1 Å². The van der Waals surface area contributed by atoms with Gasteiger partial charge in [-0.1, -0.05) is 0 Å². The number of hydrogen-bond donors (Lipinski definition) is 1. The summed E-state index contributed by atoms with van der Waals surface area (Å²) in [5, 5.41) is 19.0. The van der Waals surface area contributed by atoms with E-state index in [2.05, 4.69) is 15.0 Å². The Morgan fingerprint density at radius 2 is 1.69 bits per heavy atom. The second kappa shape index (κ2) is 13.7. The van der Waals surface area contributed by atoms with Crippen LogP contribution in [0.1, 0.15) is 0 Å². The molecule has 0 spiro atoms. The first-order valence-corrected chi connectivity index (χ1v) is 2.65. The fourth-order valence-electron chi connectivity index (χ4n) is 0.117. The first-order valence-electron chi connectivity index (χ1n) is 2.65. The largest absolute Gasteiger partial charge is 0.317 e. The number of nitrogens with one attached hydrogen (secondary N) is 1. The normalized spacial score (nSPS) is 6.92. The summed E-state index contributed by atoms with van der Waals surface area (Å²) < 4.78 is 0. The summed E-state index contributed by atoms with van der Waals surface area (Å²) >= 11 is 0. The van der Waals surface area contributed by atoms with E-state index in [1.165, 1.54) is 0 Å². The highest BCUT2D eigenvalue weighted by atomic mass is 127. The minimum absolute atomic E-state index is 0. The van der Waals surface area contributed by atoms with E-state index in [4.69, 9.17) is 10.1 Å². The van der Waals surface area contributed by atoms with Gasteiger partial charge in [0.15, 0.2) is 0 Å². The average Bonchev–Trinajstić information content (AvgIpc) is 2.02. The van der Waals surface area contributed by atoms with Crippen LogP contribution in [0, 0.1) is 20.2 Å². The highest BCUT2D eigenvalue weighted by molar-refractivity contribution is 14.0. The molecular weight excluding hydrogens is 301 g/mol. The molecule has 13 heavy (non-hydrogen) atoms. The van der Waals surface area contributed by atoms with Gasteiger partial charge in [-0.25, -0.2) is 0 Å². The highest BCUT2D eigenvalue weighted by Gasteiger charge is 1.86. The zero-order chi connectivity index (χ0) is 9.98. The van der Waals surface area contributed by atoms with Crippen LogP contribution in [0.5, 0.6) is 0 Å². The molecule has 0 aromatic carbocycles. The molecule has 0 heterocycles. The van der Waals surface area contributed by atoms with Crippen molar-refractivity contribution in [1.82, 2.24) is 5.32 Å². The van der Waals surface area contributed by atoms with Gasteiger partial charge < -0.3 is 4.84 Å². The summed E-state index contributed by atoms with van der Waals surface area (Å²) in [6.45, 7) is -0.0486. The van der Waals surface area contributed by atoms with Gasteiger partial charge in [0.25, 0.3) is 10.2 Å². The minimum Gasteiger partial charge on any atom is -0.317 e. The van der Waals surface area contributed by atoms with Crippen molar-refractivity contribution in [2.45, 2.75) is 0 Å². The molecule has 0 aliphatic carbocycles. The maximum Gasteiger partial charge on any atom is 0.295 e. The lowest BCUT2D eigenvalue weighted by atomic mass is 11.2. The van der Waals surface area contributed by atoms with Crippen LogP contribution in [0.25, 0.3) is 0 Å². The Kier molecular flexibility index (Phi) is 18.9. The number of halogens is 1. The summed E-state index contributed by atoms with van der Waals surface area (Å²) in [4.78, 5) is 25.5. The van der Waals surface area contributed by atoms with Crippen LogP contribution in [0.15, 0.2) is 0 Å². The Hall–Kier alpha value is -0.910. The average molecular weight is 311 g/mol. The Balaban J connectivity index is -0.000000150. The zero-order valence-corrected chi connectivity index (χ0v) is 9.29. The van der Waals surface area contributed by atoms with Crippen LogP contribution in [-0.2, 0) is 9.68 Å². The summed E-state index contributed by atoms with van der Waals surface area (Å²) in [5.74, 6) is 0. The Bertz CT molecular complexity index is 143. The van der Waals surface area contributed by atoms with Gasteiger partial charge in [0.05, 0.1) is 7.11 Å². The number of nitrogens with zero attached hydrogens (tertiary/aromatic N) is 2. The van der Waals surface area contributed by atoms with Crippen molar-refractivity contribution in [3.63, 3.8) is 0 Å². The Labute approximate surface area is 90.6 Å². The van der Waals surface area contributed by atoms with Crippen LogP contribution in [0.4, 0.5) is 0 Å². The standard InChI is InChI=1S/C2H6N2O3.CH3NO3.HI/c1-3-2-7-4(5)6;1-5-2(3)4;/h3H,2H2,1H3;1H3;1H. The number of hydrogen-bond acceptors (Lipinski definition) is 7. The lowest BCUT2D eigenvalue weighted by Crippen LogP contribution is -2.14. The molecule has 0 radical (unpaired) electrons. The minimum atomic E-state index is -0.875. The first kappa shape index (κ1) is 18.0. The maximum atomic E-state index is 9.30. The molecule has 0 bridgehead atoms. The molecule has 0 fully saturated rings. The summed E-state index contributed by atoms with van der Waals surface area (Å²) in [7, 11) is 2.56. The van der Waals surface area contributed by atoms with E-state index < -0.39 is 10.2 Å². The molecule has 0 amide bonds. The van der Waals surface area contributed by atoms with E-state index in [0.717, 1.165) is 7.11 Å². The molecule has 0 rings (SSSR count). The topological polar surface area (TPSA) is 117 Å².